The van der Waals surface area contributed by atoms with Crippen LogP contribution in [0, 0.1) is 0 Å². The van der Waals surface area contributed by atoms with Crippen LogP contribution < -0.4 is 0 Å². The zero-order valence-electron chi connectivity index (χ0n) is 20.6. The average molecular weight is 564 g/mol. The number of carbonyl (C=O) groups excluding carboxylic acids is 3. The second kappa shape index (κ2) is 13.7. The SMILES string of the molecule is O=C(O)Cc1ccc(C(=O)[O][Al]([O]C(=O)c2ccc(CC(=O)O)cc2)[O]C(=O)c2ccc(CC(=O)O)cc2)cc1. The minimum absolute atomic E-state index is 0.0187. The molecule has 0 heterocycles. The van der Waals surface area contributed by atoms with Crippen molar-refractivity contribution in [2.24, 2.45) is 0 Å². The molecule has 3 aromatic carbocycles. The molecular weight excluding hydrogens is 543 g/mol. The summed E-state index contributed by atoms with van der Waals surface area (Å²) in [6.07, 6.45) is -0.796. The van der Waals surface area contributed by atoms with Gasteiger partial charge in [0.2, 0.25) is 0 Å². The average Bonchev–Trinajstić information content (AvgIpc) is 2.88. The van der Waals surface area contributed by atoms with E-state index in [1.807, 2.05) is 0 Å². The van der Waals surface area contributed by atoms with Crippen LogP contribution in [0.25, 0.3) is 0 Å². The molecule has 0 amide bonds. The van der Waals surface area contributed by atoms with E-state index < -0.39 is 51.0 Å². The van der Waals surface area contributed by atoms with Crippen LogP contribution in [0.4, 0.5) is 0 Å². The molecule has 0 fully saturated rings. The molecule has 13 heteroatoms. The summed E-state index contributed by atoms with van der Waals surface area (Å²) >= 11 is -3.86. The fourth-order valence-electron chi connectivity index (χ4n) is 3.34. The standard InChI is InChI=1S/3C9H8O4.Al/c3*10-8(11)5-6-1-3-7(4-2-6)9(12)13;/h3*1-4H,5H2,(H,10,11)(H,12,13);/q;;;+3/p-3. The first kappa shape index (κ1) is 29.6. The zero-order valence-corrected chi connectivity index (χ0v) is 21.8. The van der Waals surface area contributed by atoms with Gasteiger partial charge in [0.25, 0.3) is 0 Å². The van der Waals surface area contributed by atoms with Crippen molar-refractivity contribution in [2.45, 2.75) is 19.3 Å². The van der Waals surface area contributed by atoms with E-state index in [0.29, 0.717) is 16.7 Å². The van der Waals surface area contributed by atoms with E-state index >= 15 is 0 Å². The van der Waals surface area contributed by atoms with Gasteiger partial charge in [-0.3, -0.25) is 14.4 Å². The highest BCUT2D eigenvalue weighted by Crippen LogP contribution is 2.14. The highest BCUT2D eigenvalue weighted by Gasteiger charge is 2.49. The smallest absolute Gasteiger partial charge is 0.547 e. The number of hydrogen-bond acceptors (Lipinski definition) is 9. The molecular formula is C27H21AlO12. The summed E-state index contributed by atoms with van der Waals surface area (Å²) in [7, 11) is 0. The second-order valence-corrected chi connectivity index (χ2v) is 9.59. The molecule has 0 aromatic heterocycles. The van der Waals surface area contributed by atoms with Gasteiger partial charge in [0, 0.05) is 0 Å². The van der Waals surface area contributed by atoms with Crippen LogP contribution in [0.2, 0.25) is 0 Å². The number of carboxylic acid groups (broad SMARTS) is 3. The van der Waals surface area contributed by atoms with E-state index in [0.717, 1.165) is 0 Å². The third kappa shape index (κ3) is 9.09. The van der Waals surface area contributed by atoms with Crippen molar-refractivity contribution in [2.75, 3.05) is 0 Å². The molecule has 0 bridgehead atoms. The van der Waals surface area contributed by atoms with Gasteiger partial charge in [0.05, 0.1) is 36.0 Å². The van der Waals surface area contributed by atoms with E-state index in [4.69, 9.17) is 26.7 Å². The first-order chi connectivity index (χ1) is 19.0. The molecule has 0 atom stereocenters. The Morgan fingerprint density at radius 3 is 0.875 bits per heavy atom. The van der Waals surface area contributed by atoms with Gasteiger partial charge in [0.15, 0.2) is 0 Å². The summed E-state index contributed by atoms with van der Waals surface area (Å²) in [5.74, 6) is -6.16. The number of aliphatic carboxylic acids is 3. The quantitative estimate of drug-likeness (QED) is 0.273. The molecule has 0 spiro atoms. The van der Waals surface area contributed by atoms with Crippen molar-refractivity contribution in [1.82, 2.24) is 0 Å². The predicted molar refractivity (Wildman–Crippen MR) is 135 cm³/mol. The molecule has 0 saturated heterocycles. The number of rotatable bonds is 12. The minimum Gasteiger partial charge on any atom is -0.547 e. The van der Waals surface area contributed by atoms with Crippen molar-refractivity contribution < 1.29 is 55.5 Å². The lowest BCUT2D eigenvalue weighted by Crippen LogP contribution is -2.35. The van der Waals surface area contributed by atoms with E-state index in [1.54, 1.807) is 0 Å². The summed E-state index contributed by atoms with van der Waals surface area (Å²) < 4.78 is 15.7. The van der Waals surface area contributed by atoms with Crippen LogP contribution in [0.3, 0.4) is 0 Å². The monoisotopic (exact) mass is 564 g/mol. The molecule has 0 radical (unpaired) electrons. The maximum absolute atomic E-state index is 12.7. The van der Waals surface area contributed by atoms with E-state index in [9.17, 15) is 28.8 Å². The van der Waals surface area contributed by atoms with E-state index in [1.165, 1.54) is 72.8 Å². The van der Waals surface area contributed by atoms with Crippen LogP contribution in [0.5, 0.6) is 0 Å². The molecule has 0 saturated carbocycles. The van der Waals surface area contributed by atoms with Gasteiger partial charge in [-0.25, -0.2) is 14.4 Å². The fraction of sp³-hybridized carbons (Fsp3) is 0.111. The van der Waals surface area contributed by atoms with Crippen molar-refractivity contribution in [3.05, 3.63) is 106 Å². The largest absolute Gasteiger partial charge is 1.20 e. The highest BCUT2D eigenvalue weighted by atomic mass is 27.3. The summed E-state index contributed by atoms with van der Waals surface area (Å²) in [4.78, 5) is 70.8. The molecule has 0 aliphatic heterocycles. The number of benzene rings is 3. The first-order valence-corrected chi connectivity index (χ1v) is 13.0. The van der Waals surface area contributed by atoms with Gasteiger partial charge in [0.1, 0.15) is 0 Å². The minimum atomic E-state index is -3.86. The first-order valence-electron chi connectivity index (χ1n) is 11.6. The van der Waals surface area contributed by atoms with Gasteiger partial charge < -0.3 is 26.7 Å². The molecule has 0 unspecified atom stereocenters. The lowest BCUT2D eigenvalue weighted by molar-refractivity contribution is -0.137. The molecule has 3 rings (SSSR count). The Balaban J connectivity index is 1.77. The maximum atomic E-state index is 12.7. The zero-order chi connectivity index (χ0) is 29.2. The molecule has 40 heavy (non-hydrogen) atoms. The lowest BCUT2D eigenvalue weighted by Gasteiger charge is -2.14. The van der Waals surface area contributed by atoms with Crippen LogP contribution in [0.1, 0.15) is 47.8 Å². The number of carbonyl (C=O) groups is 6. The topological polar surface area (TPSA) is 191 Å². The Morgan fingerprint density at radius 2 is 0.675 bits per heavy atom. The fourth-order valence-corrected chi connectivity index (χ4v) is 4.42. The van der Waals surface area contributed by atoms with Gasteiger partial charge in [-0.05, 0) is 53.1 Å². The number of carboxylic acids is 3. The Kier molecular flexibility index (Phi) is 10.1. The summed E-state index contributed by atoms with van der Waals surface area (Å²) in [6.45, 7) is 0. The van der Waals surface area contributed by atoms with E-state index in [2.05, 4.69) is 0 Å². The van der Waals surface area contributed by atoms with Crippen LogP contribution in [-0.2, 0) is 45.0 Å². The summed E-state index contributed by atoms with van der Waals surface area (Å²) in [5.41, 5.74) is 1.22. The van der Waals surface area contributed by atoms with Gasteiger partial charge in [-0.2, -0.15) is 0 Å². The third-order valence-corrected chi connectivity index (χ3v) is 6.46. The molecule has 3 aromatic rings. The van der Waals surface area contributed by atoms with Crippen molar-refractivity contribution in [1.29, 1.82) is 0 Å². The van der Waals surface area contributed by atoms with Gasteiger partial charge >= 0.3 is 51.0 Å². The molecule has 204 valence electrons. The van der Waals surface area contributed by atoms with Crippen molar-refractivity contribution in [3.63, 3.8) is 0 Å². The van der Waals surface area contributed by atoms with Crippen LogP contribution in [-0.4, -0.2) is 66.3 Å². The molecule has 0 aliphatic rings. The summed E-state index contributed by atoms with van der Waals surface area (Å²) in [5, 5.41) is 26.7. The third-order valence-electron chi connectivity index (χ3n) is 5.24. The summed E-state index contributed by atoms with van der Waals surface area (Å²) in [6, 6.07) is 16.2. The molecule has 3 N–H and O–H groups in total. The maximum Gasteiger partial charge on any atom is 1.20 e. The Labute approximate surface area is 231 Å². The molecule has 12 nitrogen and oxygen atoms in total. The normalized spacial score (nSPS) is 10.2. The predicted octanol–water partition coefficient (Wildman–Crippen LogP) is 2.42. The Morgan fingerprint density at radius 1 is 0.450 bits per heavy atom. The molecule has 0 aliphatic carbocycles. The Hall–Kier alpha value is -4.99. The van der Waals surface area contributed by atoms with Crippen molar-refractivity contribution >= 4 is 51.0 Å². The van der Waals surface area contributed by atoms with Crippen LogP contribution >= 0.6 is 0 Å². The van der Waals surface area contributed by atoms with Crippen molar-refractivity contribution in [3.8, 4) is 0 Å². The van der Waals surface area contributed by atoms with Gasteiger partial charge in [-0.1, -0.05) is 36.4 Å². The van der Waals surface area contributed by atoms with E-state index in [-0.39, 0.29) is 36.0 Å². The number of hydrogen-bond donors (Lipinski definition) is 3. The highest BCUT2D eigenvalue weighted by molar-refractivity contribution is 6.45. The lowest BCUT2D eigenvalue weighted by atomic mass is 10.1. The Bertz CT molecular complexity index is 1240. The second-order valence-electron chi connectivity index (χ2n) is 8.31. The van der Waals surface area contributed by atoms with Crippen LogP contribution in [0.15, 0.2) is 72.8 Å². The van der Waals surface area contributed by atoms with Gasteiger partial charge in [-0.15, -0.1) is 0 Å².